The Morgan fingerprint density at radius 2 is 0.952 bits per heavy atom. The normalized spacial score (nSPS) is 14.6. The maximum absolute atomic E-state index is 12.7. The number of hydrogen-bond acceptors (Lipinski definition) is 8. The maximum Gasteiger partial charge on any atom is 0.306 e. The summed E-state index contributed by atoms with van der Waals surface area (Å²) in [6, 6.07) is 0. The van der Waals surface area contributed by atoms with Crippen molar-refractivity contribution in [2.24, 2.45) is 0 Å². The summed E-state index contributed by atoms with van der Waals surface area (Å²) in [5, 5.41) is 0. The first-order chi connectivity index (χ1) is 30.0. The second-order valence-corrected chi connectivity index (χ2v) is 17.4. The van der Waals surface area contributed by atoms with Crippen LogP contribution in [-0.2, 0) is 32.7 Å². The van der Waals surface area contributed by atoms with Crippen molar-refractivity contribution in [1.82, 2.24) is 0 Å². The lowest BCUT2D eigenvalue weighted by Gasteiger charge is -2.28. The Kier molecular flexibility index (Phi) is 40.2. The van der Waals surface area contributed by atoms with Gasteiger partial charge < -0.3 is 27.9 Å². The molecule has 0 aromatic rings. The molecule has 0 spiro atoms. The number of carbonyl (C=O) groups excluding carboxylic acids is 2. The summed E-state index contributed by atoms with van der Waals surface area (Å²) in [5.74, 6) is -0.982. The van der Waals surface area contributed by atoms with Crippen LogP contribution in [0.2, 0.25) is 0 Å². The number of allylic oxidation sites excluding steroid dienone is 20. The van der Waals surface area contributed by atoms with Gasteiger partial charge in [-0.2, -0.15) is 0 Å². The van der Waals surface area contributed by atoms with Gasteiger partial charge in [-0.1, -0.05) is 155 Å². The van der Waals surface area contributed by atoms with Crippen LogP contribution in [-0.4, -0.2) is 70.0 Å². The average molecular weight is 882 g/mol. The first-order valence-electron chi connectivity index (χ1n) is 23.2. The molecular weight excluding hydrogens is 798 g/mol. The molecule has 2 atom stereocenters. The van der Waals surface area contributed by atoms with Gasteiger partial charge in [-0.15, -0.1) is 0 Å². The molecule has 0 heterocycles. The van der Waals surface area contributed by atoms with Crippen LogP contribution in [0.4, 0.5) is 0 Å². The van der Waals surface area contributed by atoms with Gasteiger partial charge in [0.05, 0.1) is 27.7 Å². The van der Waals surface area contributed by atoms with Gasteiger partial charge in [0.15, 0.2) is 6.10 Å². The molecule has 62 heavy (non-hydrogen) atoms. The highest BCUT2D eigenvalue weighted by atomic mass is 31.2. The predicted molar refractivity (Wildman–Crippen MR) is 258 cm³/mol. The Morgan fingerprint density at radius 3 is 1.40 bits per heavy atom. The van der Waals surface area contributed by atoms with Crippen LogP contribution in [0.25, 0.3) is 0 Å². The maximum atomic E-state index is 12.7. The van der Waals surface area contributed by atoms with E-state index in [2.05, 4.69) is 123 Å². The fourth-order valence-corrected chi connectivity index (χ4v) is 6.10. The monoisotopic (exact) mass is 882 g/mol. The smallest absolute Gasteiger partial charge is 0.306 e. The largest absolute Gasteiger partial charge is 0.756 e. The number of ether oxygens (including phenoxy) is 2. The topological polar surface area (TPSA) is 111 Å². The van der Waals surface area contributed by atoms with Gasteiger partial charge in [-0.05, 0) is 96.3 Å². The molecule has 0 saturated heterocycles. The zero-order chi connectivity index (χ0) is 45.7. The molecule has 0 aliphatic carbocycles. The van der Waals surface area contributed by atoms with E-state index >= 15 is 0 Å². The molecule has 0 amide bonds. The average Bonchev–Trinajstić information content (AvgIpc) is 3.23. The van der Waals surface area contributed by atoms with Crippen molar-refractivity contribution >= 4 is 19.8 Å². The fraction of sp³-hybridized carbons (Fsp3) is 0.577. The Balaban J connectivity index is 4.54. The number of hydrogen-bond donors (Lipinski definition) is 0. The number of nitrogens with zero attached hydrogens (tertiary/aromatic N) is 1. The second kappa shape index (κ2) is 42.7. The van der Waals surface area contributed by atoms with Gasteiger partial charge in [0.2, 0.25) is 0 Å². The number of likely N-dealkylation sites (N-methyl/N-ethyl adjacent to an activating group) is 1. The molecule has 1 unspecified atom stereocenters. The third kappa shape index (κ3) is 45.9. The first-order valence-corrected chi connectivity index (χ1v) is 24.7. The van der Waals surface area contributed by atoms with Crippen LogP contribution < -0.4 is 4.89 Å². The number of unbranched alkanes of at least 4 members (excludes halogenated alkanes) is 6. The van der Waals surface area contributed by atoms with Crippen LogP contribution in [0.1, 0.15) is 142 Å². The van der Waals surface area contributed by atoms with Crippen LogP contribution in [0.3, 0.4) is 0 Å². The third-order valence-corrected chi connectivity index (χ3v) is 9.94. The lowest BCUT2D eigenvalue weighted by Crippen LogP contribution is -2.37. The molecule has 0 radical (unpaired) electrons. The molecule has 350 valence electrons. The van der Waals surface area contributed by atoms with Gasteiger partial charge in [0.25, 0.3) is 7.82 Å². The Bertz CT molecular complexity index is 1460. The molecule has 0 aliphatic rings. The summed E-state index contributed by atoms with van der Waals surface area (Å²) >= 11 is 0. The number of esters is 2. The lowest BCUT2D eigenvalue weighted by atomic mass is 10.1. The second-order valence-electron chi connectivity index (χ2n) is 16.0. The molecule has 9 nitrogen and oxygen atoms in total. The van der Waals surface area contributed by atoms with Crippen molar-refractivity contribution in [3.8, 4) is 0 Å². The molecular formula is C52H84NO8P. The highest BCUT2D eigenvalue weighted by Crippen LogP contribution is 2.38. The minimum Gasteiger partial charge on any atom is -0.756 e. The number of carbonyl (C=O) groups is 2. The highest BCUT2D eigenvalue weighted by molar-refractivity contribution is 7.45. The minimum atomic E-state index is -4.66. The first kappa shape index (κ1) is 58.4. The van der Waals surface area contributed by atoms with E-state index in [1.165, 1.54) is 25.7 Å². The highest BCUT2D eigenvalue weighted by Gasteiger charge is 2.21. The van der Waals surface area contributed by atoms with E-state index in [9.17, 15) is 19.0 Å². The van der Waals surface area contributed by atoms with E-state index in [1.807, 2.05) is 33.3 Å². The van der Waals surface area contributed by atoms with Gasteiger partial charge in [-0.25, -0.2) is 0 Å². The van der Waals surface area contributed by atoms with Crippen LogP contribution in [0.15, 0.2) is 122 Å². The summed E-state index contributed by atoms with van der Waals surface area (Å²) in [5.41, 5.74) is 0. The third-order valence-electron chi connectivity index (χ3n) is 8.98. The zero-order valence-corrected chi connectivity index (χ0v) is 40.1. The Morgan fingerprint density at radius 1 is 0.516 bits per heavy atom. The molecule has 0 N–H and O–H groups in total. The van der Waals surface area contributed by atoms with E-state index in [0.29, 0.717) is 23.9 Å². The van der Waals surface area contributed by atoms with E-state index in [0.717, 1.165) is 77.0 Å². The molecule has 10 heteroatoms. The van der Waals surface area contributed by atoms with Gasteiger partial charge >= 0.3 is 11.9 Å². The molecule has 0 saturated carbocycles. The van der Waals surface area contributed by atoms with E-state index < -0.39 is 32.5 Å². The number of quaternary nitrogens is 1. The fourth-order valence-electron chi connectivity index (χ4n) is 5.37. The SMILES string of the molecule is CC/C=C\C/C=C\C/C=C\C/C=C\C/C=C\C/C=C\CCC(=O)OC[C@H](COP(=O)([O-])OCC[N+](C)(C)C)OC(=O)CCCCC/C=C\C/C=C\C/C=C\C/C=C\CCCCC. The van der Waals surface area contributed by atoms with Crippen molar-refractivity contribution in [1.29, 1.82) is 0 Å². The Hall–Kier alpha value is -3.59. The summed E-state index contributed by atoms with van der Waals surface area (Å²) < 4.78 is 33.8. The summed E-state index contributed by atoms with van der Waals surface area (Å²) in [4.78, 5) is 37.6. The molecule has 0 bridgehead atoms. The van der Waals surface area contributed by atoms with Crippen LogP contribution >= 0.6 is 7.82 Å². The lowest BCUT2D eigenvalue weighted by molar-refractivity contribution is -0.870. The van der Waals surface area contributed by atoms with E-state index in [1.54, 1.807) is 0 Å². The standard InChI is InChI=1S/C52H84NO8P/c1-6-8-10-12-14-16-18-20-22-24-26-28-30-32-34-36-38-40-42-44-51(54)58-48-50(49-60-62(56,57)59-47-46-53(3,4)5)61-52(55)45-43-41-39-37-35-33-31-29-27-25-23-21-19-17-15-13-11-9-7-2/h8,10,14-17,20-23,26-29,32-35,38,40,50H,6-7,9,11-13,18-19,24-25,30-31,36-37,39,41-49H2,1-5H3/b10-8-,16-14-,17-15-,22-20-,23-21-,28-26-,29-27-,34-32-,35-33-,40-38-/t50-/m1/s1. The summed E-state index contributed by atoms with van der Waals surface area (Å²) in [7, 11) is 1.08. The van der Waals surface area contributed by atoms with Gasteiger partial charge in [0.1, 0.15) is 19.8 Å². The number of rotatable bonds is 40. The van der Waals surface area contributed by atoms with Gasteiger partial charge in [-0.3, -0.25) is 14.2 Å². The molecule has 0 aliphatic heterocycles. The van der Waals surface area contributed by atoms with Gasteiger partial charge in [0, 0.05) is 12.8 Å². The van der Waals surface area contributed by atoms with Crippen LogP contribution in [0.5, 0.6) is 0 Å². The zero-order valence-electron chi connectivity index (χ0n) is 39.3. The summed E-state index contributed by atoms with van der Waals surface area (Å²) in [6.45, 7) is 3.93. The van der Waals surface area contributed by atoms with Crippen molar-refractivity contribution in [2.75, 3.05) is 47.5 Å². The van der Waals surface area contributed by atoms with Crippen molar-refractivity contribution in [3.05, 3.63) is 122 Å². The van der Waals surface area contributed by atoms with Crippen molar-refractivity contribution < 1.29 is 42.1 Å². The minimum absolute atomic E-state index is 0.0562. The quantitative estimate of drug-likeness (QED) is 0.0197. The molecule has 0 aromatic heterocycles. The van der Waals surface area contributed by atoms with Crippen molar-refractivity contribution in [3.63, 3.8) is 0 Å². The van der Waals surface area contributed by atoms with E-state index in [-0.39, 0.29) is 26.1 Å². The summed E-state index contributed by atoms with van der Waals surface area (Å²) in [6.07, 6.45) is 59.6. The van der Waals surface area contributed by atoms with Crippen LogP contribution in [0, 0.1) is 0 Å². The molecule has 0 fully saturated rings. The molecule has 0 rings (SSSR count). The number of phosphoric acid groups is 1. The number of phosphoric ester groups is 1. The van der Waals surface area contributed by atoms with Crippen molar-refractivity contribution in [2.45, 2.75) is 148 Å². The predicted octanol–water partition coefficient (Wildman–Crippen LogP) is 13.1. The van der Waals surface area contributed by atoms with E-state index in [4.69, 9.17) is 18.5 Å². The molecule has 0 aromatic carbocycles. The Labute approximate surface area is 378 Å².